The molecule has 0 bridgehead atoms. The topological polar surface area (TPSA) is 33.0 Å². The molecular weight excluding hydrogens is 272 g/mol. The molecule has 5 heteroatoms. The van der Waals surface area contributed by atoms with Crippen LogP contribution < -0.4 is 4.74 Å². The van der Waals surface area contributed by atoms with Gasteiger partial charge < -0.3 is 4.74 Å². The van der Waals surface area contributed by atoms with Gasteiger partial charge in [0.2, 0.25) is 0 Å². The number of nitriles is 1. The van der Waals surface area contributed by atoms with Crippen LogP contribution in [0.4, 0.5) is 8.78 Å². The lowest BCUT2D eigenvalue weighted by Gasteiger charge is -2.09. The minimum atomic E-state index is -0.662. The molecule has 0 radical (unpaired) electrons. The van der Waals surface area contributed by atoms with E-state index in [1.54, 1.807) is 12.1 Å². The first-order valence-corrected chi connectivity index (χ1v) is 5.75. The van der Waals surface area contributed by atoms with Gasteiger partial charge in [0.15, 0.2) is 0 Å². The predicted octanol–water partition coefficient (Wildman–Crippen LogP) is 4.07. The van der Waals surface area contributed by atoms with E-state index in [-0.39, 0.29) is 22.9 Å². The van der Waals surface area contributed by atoms with Crippen molar-refractivity contribution in [2.45, 2.75) is 6.61 Å². The summed E-state index contributed by atoms with van der Waals surface area (Å²) in [6, 6.07) is 10.1. The van der Waals surface area contributed by atoms with Gasteiger partial charge in [0.05, 0.1) is 5.02 Å². The summed E-state index contributed by atoms with van der Waals surface area (Å²) >= 11 is 5.77. The SMILES string of the molecule is N#Cc1c(F)cccc1OCc1cccc(F)c1Cl. The molecule has 0 aliphatic heterocycles. The number of hydrogen-bond donors (Lipinski definition) is 0. The van der Waals surface area contributed by atoms with Crippen molar-refractivity contribution in [3.05, 3.63) is 64.2 Å². The van der Waals surface area contributed by atoms with Crippen LogP contribution in [0.2, 0.25) is 5.02 Å². The van der Waals surface area contributed by atoms with Crippen molar-refractivity contribution in [3.8, 4) is 11.8 Å². The van der Waals surface area contributed by atoms with Crippen LogP contribution in [0.3, 0.4) is 0 Å². The van der Waals surface area contributed by atoms with Crippen molar-refractivity contribution in [1.29, 1.82) is 5.26 Å². The number of benzene rings is 2. The van der Waals surface area contributed by atoms with Crippen LogP contribution in [-0.2, 0) is 6.61 Å². The third-order valence-electron chi connectivity index (χ3n) is 2.50. The first kappa shape index (κ1) is 13.3. The number of nitrogens with zero attached hydrogens (tertiary/aromatic N) is 1. The number of ether oxygens (including phenoxy) is 1. The second-order valence-corrected chi connectivity index (χ2v) is 4.10. The molecule has 2 aromatic carbocycles. The third-order valence-corrected chi connectivity index (χ3v) is 2.93. The highest BCUT2D eigenvalue weighted by molar-refractivity contribution is 6.31. The molecule has 0 aliphatic rings. The zero-order valence-electron chi connectivity index (χ0n) is 9.66. The molecule has 0 saturated carbocycles. The summed E-state index contributed by atoms with van der Waals surface area (Å²) in [5.41, 5.74) is 0.241. The lowest BCUT2D eigenvalue weighted by Crippen LogP contribution is -2.00. The fourth-order valence-corrected chi connectivity index (χ4v) is 1.73. The molecule has 0 unspecified atom stereocenters. The van der Waals surface area contributed by atoms with Crippen molar-refractivity contribution < 1.29 is 13.5 Å². The van der Waals surface area contributed by atoms with Crippen LogP contribution in [0.1, 0.15) is 11.1 Å². The van der Waals surface area contributed by atoms with Gasteiger partial charge in [0.1, 0.15) is 35.6 Å². The smallest absolute Gasteiger partial charge is 0.144 e. The van der Waals surface area contributed by atoms with Crippen LogP contribution in [0.5, 0.6) is 5.75 Å². The average molecular weight is 280 g/mol. The summed E-state index contributed by atoms with van der Waals surface area (Å²) in [7, 11) is 0. The normalized spacial score (nSPS) is 10.0. The van der Waals surface area contributed by atoms with Crippen molar-refractivity contribution >= 4 is 11.6 Å². The molecule has 2 aromatic rings. The van der Waals surface area contributed by atoms with Crippen LogP contribution in [0.25, 0.3) is 0 Å². The predicted molar refractivity (Wildman–Crippen MR) is 66.9 cm³/mol. The molecule has 0 heterocycles. The van der Waals surface area contributed by atoms with E-state index in [0.29, 0.717) is 5.56 Å². The van der Waals surface area contributed by atoms with E-state index in [1.807, 2.05) is 0 Å². The molecule has 0 amide bonds. The molecular formula is C14H8ClF2NO. The Bertz CT molecular complexity index is 652. The highest BCUT2D eigenvalue weighted by Crippen LogP contribution is 2.24. The molecule has 96 valence electrons. The van der Waals surface area contributed by atoms with Crippen molar-refractivity contribution in [3.63, 3.8) is 0 Å². The Morgan fingerprint density at radius 3 is 2.53 bits per heavy atom. The lowest BCUT2D eigenvalue weighted by atomic mass is 10.2. The van der Waals surface area contributed by atoms with Crippen molar-refractivity contribution in [2.75, 3.05) is 0 Å². The largest absolute Gasteiger partial charge is 0.487 e. The van der Waals surface area contributed by atoms with Gasteiger partial charge in [-0.2, -0.15) is 5.26 Å². The highest BCUT2D eigenvalue weighted by Gasteiger charge is 2.11. The molecule has 0 N–H and O–H groups in total. The summed E-state index contributed by atoms with van der Waals surface area (Å²) in [5.74, 6) is -1.12. The Balaban J connectivity index is 2.22. The molecule has 0 atom stereocenters. The van der Waals surface area contributed by atoms with E-state index in [4.69, 9.17) is 21.6 Å². The Labute approximate surface area is 113 Å². The van der Waals surface area contributed by atoms with Gasteiger partial charge in [-0.15, -0.1) is 0 Å². The second-order valence-electron chi connectivity index (χ2n) is 3.73. The Kier molecular flexibility index (Phi) is 3.98. The van der Waals surface area contributed by atoms with E-state index < -0.39 is 11.6 Å². The Morgan fingerprint density at radius 1 is 1.11 bits per heavy atom. The minimum absolute atomic E-state index is 0.0441. The zero-order chi connectivity index (χ0) is 13.8. The molecule has 2 nitrogen and oxygen atoms in total. The summed E-state index contributed by atoms with van der Waals surface area (Å²) < 4.78 is 31.9. The standard InChI is InChI=1S/C14H8ClF2NO/c15-14-9(3-1-5-12(14)17)8-19-13-6-2-4-11(16)10(13)7-18/h1-6H,8H2. The van der Waals surface area contributed by atoms with Gasteiger partial charge in [-0.05, 0) is 18.2 Å². The molecule has 0 aromatic heterocycles. The first-order valence-electron chi connectivity index (χ1n) is 5.37. The van der Waals surface area contributed by atoms with E-state index in [1.165, 1.54) is 30.3 Å². The van der Waals surface area contributed by atoms with Gasteiger partial charge in [-0.25, -0.2) is 8.78 Å². The van der Waals surface area contributed by atoms with Crippen molar-refractivity contribution in [1.82, 2.24) is 0 Å². The number of rotatable bonds is 3. The second kappa shape index (κ2) is 5.68. The maximum atomic E-state index is 13.3. The fraction of sp³-hybridized carbons (Fsp3) is 0.0714. The minimum Gasteiger partial charge on any atom is -0.487 e. The zero-order valence-corrected chi connectivity index (χ0v) is 10.4. The fourth-order valence-electron chi connectivity index (χ4n) is 1.55. The Morgan fingerprint density at radius 2 is 1.79 bits per heavy atom. The molecule has 0 fully saturated rings. The maximum absolute atomic E-state index is 13.3. The van der Waals surface area contributed by atoms with Gasteiger partial charge >= 0.3 is 0 Å². The molecule has 19 heavy (non-hydrogen) atoms. The van der Waals surface area contributed by atoms with E-state index in [2.05, 4.69) is 0 Å². The van der Waals surface area contributed by atoms with Crippen molar-refractivity contribution in [2.24, 2.45) is 0 Å². The summed E-state index contributed by atoms with van der Waals surface area (Å²) in [6.45, 7) is -0.0469. The molecule has 0 spiro atoms. The highest BCUT2D eigenvalue weighted by atomic mass is 35.5. The van der Waals surface area contributed by atoms with E-state index in [9.17, 15) is 8.78 Å². The van der Waals surface area contributed by atoms with Crippen LogP contribution in [0, 0.1) is 23.0 Å². The van der Waals surface area contributed by atoms with Crippen LogP contribution >= 0.6 is 11.6 Å². The van der Waals surface area contributed by atoms with Crippen LogP contribution in [0.15, 0.2) is 36.4 Å². The van der Waals surface area contributed by atoms with Gasteiger partial charge in [0, 0.05) is 5.56 Å². The summed E-state index contributed by atoms with van der Waals surface area (Å²) in [6.07, 6.45) is 0. The van der Waals surface area contributed by atoms with E-state index >= 15 is 0 Å². The van der Waals surface area contributed by atoms with E-state index in [0.717, 1.165) is 0 Å². The molecule has 2 rings (SSSR count). The maximum Gasteiger partial charge on any atom is 0.144 e. The van der Waals surface area contributed by atoms with Crippen LogP contribution in [-0.4, -0.2) is 0 Å². The number of hydrogen-bond acceptors (Lipinski definition) is 2. The summed E-state index contributed by atoms with van der Waals surface area (Å²) in [5, 5.41) is 8.80. The monoisotopic (exact) mass is 279 g/mol. The third kappa shape index (κ3) is 2.83. The van der Waals surface area contributed by atoms with Gasteiger partial charge in [-0.3, -0.25) is 0 Å². The van der Waals surface area contributed by atoms with Gasteiger partial charge in [0.25, 0.3) is 0 Å². The summed E-state index contributed by atoms with van der Waals surface area (Å²) in [4.78, 5) is 0. The first-order chi connectivity index (χ1) is 9.13. The Hall–Kier alpha value is -2.12. The molecule has 0 saturated heterocycles. The number of halogens is 3. The average Bonchev–Trinajstić information content (AvgIpc) is 2.40. The molecule has 0 aliphatic carbocycles. The lowest BCUT2D eigenvalue weighted by molar-refractivity contribution is 0.303. The quantitative estimate of drug-likeness (QED) is 0.848. The van der Waals surface area contributed by atoms with Gasteiger partial charge in [-0.1, -0.05) is 29.8 Å².